The van der Waals surface area contributed by atoms with E-state index in [4.69, 9.17) is 4.52 Å². The molecule has 0 N–H and O–H groups in total. The van der Waals surface area contributed by atoms with Crippen LogP contribution in [0.5, 0.6) is 0 Å². The monoisotopic (exact) mass is 359 g/mol. The van der Waals surface area contributed by atoms with Crippen LogP contribution in [0.2, 0.25) is 0 Å². The van der Waals surface area contributed by atoms with Crippen LogP contribution in [0, 0.1) is 0 Å². The highest BCUT2D eigenvalue weighted by Crippen LogP contribution is 2.46. The molecule has 4 rings (SSSR count). The maximum absolute atomic E-state index is 10.8. The topological polar surface area (TPSA) is 43.1 Å². The number of nitrogens with zero attached hydrogens (tertiary/aromatic N) is 1. The third-order valence-electron chi connectivity index (χ3n) is 5.99. The Morgan fingerprint density at radius 2 is 1.48 bits per heavy atom. The number of hydrogen-bond donors (Lipinski definition) is 0. The zero-order chi connectivity index (χ0) is 19.2. The number of hydrogen-bond acceptors (Lipinski definition) is 3. The highest BCUT2D eigenvalue weighted by Gasteiger charge is 2.37. The van der Waals surface area contributed by atoms with Gasteiger partial charge in [0.15, 0.2) is 5.76 Å². The third-order valence-corrected chi connectivity index (χ3v) is 5.99. The quantitative estimate of drug-likeness (QED) is 0.525. The molecule has 3 aromatic rings. The van der Waals surface area contributed by atoms with Gasteiger partial charge in [-0.3, -0.25) is 4.79 Å². The molecule has 0 fully saturated rings. The summed E-state index contributed by atoms with van der Waals surface area (Å²) in [5.74, 6) is 0.708. The number of carbonyl (C=O) groups excluding carboxylic acids is 1. The molecule has 0 radical (unpaired) electrons. The van der Waals surface area contributed by atoms with E-state index in [1.165, 1.54) is 24.0 Å². The predicted molar refractivity (Wildman–Crippen MR) is 108 cm³/mol. The van der Waals surface area contributed by atoms with Crippen LogP contribution in [0.3, 0.4) is 0 Å². The molecule has 0 saturated carbocycles. The van der Waals surface area contributed by atoms with Crippen LogP contribution in [0.15, 0.2) is 53.1 Å². The number of carbonyl (C=O) groups is 1. The summed E-state index contributed by atoms with van der Waals surface area (Å²) in [4.78, 5) is 10.8. The first-order chi connectivity index (χ1) is 12.8. The Labute approximate surface area is 160 Å². The van der Waals surface area contributed by atoms with Crippen LogP contribution < -0.4 is 0 Å². The van der Waals surface area contributed by atoms with Gasteiger partial charge in [-0.15, -0.1) is 0 Å². The Kier molecular flexibility index (Phi) is 4.06. The fourth-order valence-electron chi connectivity index (χ4n) is 4.02. The van der Waals surface area contributed by atoms with E-state index in [0.29, 0.717) is 11.3 Å². The third kappa shape index (κ3) is 3.12. The van der Waals surface area contributed by atoms with Crippen molar-refractivity contribution in [2.45, 2.75) is 51.4 Å². The SMILES string of the molecule is CC1(C)CCC(C)(C)c2cc(-c3cc(-c4ccc(C=O)cc4)on3)ccc21. The predicted octanol–water partition coefficient (Wildman–Crippen LogP) is 6.17. The van der Waals surface area contributed by atoms with E-state index >= 15 is 0 Å². The van der Waals surface area contributed by atoms with Crippen molar-refractivity contribution < 1.29 is 9.32 Å². The molecule has 3 heteroatoms. The maximum Gasteiger partial charge on any atom is 0.167 e. The minimum atomic E-state index is 0.165. The molecular weight excluding hydrogens is 334 g/mol. The lowest BCUT2D eigenvalue weighted by Gasteiger charge is -2.42. The van der Waals surface area contributed by atoms with Crippen LogP contribution in [0.25, 0.3) is 22.6 Å². The van der Waals surface area contributed by atoms with Crippen LogP contribution in [-0.2, 0) is 10.8 Å². The summed E-state index contributed by atoms with van der Waals surface area (Å²) < 4.78 is 5.58. The second-order valence-electron chi connectivity index (χ2n) is 8.84. The normalized spacial score (nSPS) is 17.3. The second-order valence-corrected chi connectivity index (χ2v) is 8.84. The molecule has 1 heterocycles. The molecule has 1 aliphatic carbocycles. The van der Waals surface area contributed by atoms with Gasteiger partial charge in [0.1, 0.15) is 12.0 Å². The van der Waals surface area contributed by atoms with Crippen molar-refractivity contribution in [1.82, 2.24) is 5.16 Å². The standard InChI is InChI=1S/C24H25NO2/c1-23(2)11-12-24(3,4)20-13-18(9-10-19(20)23)21-14-22(27-25-21)17-7-5-16(15-26)6-8-17/h5-10,13-15H,11-12H2,1-4H3. The first kappa shape index (κ1) is 17.7. The summed E-state index contributed by atoms with van der Waals surface area (Å²) in [5.41, 5.74) is 6.71. The van der Waals surface area contributed by atoms with Crippen molar-refractivity contribution in [3.63, 3.8) is 0 Å². The number of rotatable bonds is 3. The van der Waals surface area contributed by atoms with Gasteiger partial charge < -0.3 is 4.52 Å². The zero-order valence-corrected chi connectivity index (χ0v) is 16.4. The maximum atomic E-state index is 10.8. The highest BCUT2D eigenvalue weighted by molar-refractivity contribution is 5.76. The molecule has 0 amide bonds. The summed E-state index contributed by atoms with van der Waals surface area (Å²) in [6.45, 7) is 9.32. The Morgan fingerprint density at radius 1 is 0.852 bits per heavy atom. The van der Waals surface area contributed by atoms with Gasteiger partial charge in [0, 0.05) is 22.8 Å². The van der Waals surface area contributed by atoms with Crippen molar-refractivity contribution >= 4 is 6.29 Å². The Bertz CT molecular complexity index is 993. The molecule has 138 valence electrons. The van der Waals surface area contributed by atoms with Gasteiger partial charge in [-0.1, -0.05) is 69.2 Å². The second kappa shape index (κ2) is 6.19. The van der Waals surface area contributed by atoms with Crippen LogP contribution in [0.1, 0.15) is 62.0 Å². The minimum Gasteiger partial charge on any atom is -0.356 e. The van der Waals surface area contributed by atoms with Gasteiger partial charge >= 0.3 is 0 Å². The lowest BCUT2D eigenvalue weighted by molar-refractivity contribution is 0.112. The van der Waals surface area contributed by atoms with Crippen LogP contribution >= 0.6 is 0 Å². The van der Waals surface area contributed by atoms with E-state index in [2.05, 4.69) is 51.1 Å². The van der Waals surface area contributed by atoms with E-state index < -0.39 is 0 Å². The number of fused-ring (bicyclic) bond motifs is 1. The molecule has 0 aliphatic heterocycles. The van der Waals surface area contributed by atoms with E-state index in [-0.39, 0.29) is 10.8 Å². The molecule has 0 unspecified atom stereocenters. The van der Waals surface area contributed by atoms with E-state index in [9.17, 15) is 4.79 Å². The average Bonchev–Trinajstić information content (AvgIpc) is 3.15. The fourth-order valence-corrected chi connectivity index (χ4v) is 4.02. The van der Waals surface area contributed by atoms with Crippen molar-refractivity contribution in [2.24, 2.45) is 0 Å². The van der Waals surface area contributed by atoms with Crippen LogP contribution in [-0.4, -0.2) is 11.4 Å². The minimum absolute atomic E-state index is 0.165. The Morgan fingerprint density at radius 3 is 2.15 bits per heavy atom. The molecule has 0 spiro atoms. The van der Waals surface area contributed by atoms with Gasteiger partial charge in [0.25, 0.3) is 0 Å². The van der Waals surface area contributed by atoms with Crippen molar-refractivity contribution in [3.8, 4) is 22.6 Å². The van der Waals surface area contributed by atoms with Gasteiger partial charge in [0.2, 0.25) is 0 Å². The highest BCUT2D eigenvalue weighted by atomic mass is 16.5. The fraction of sp³-hybridized carbons (Fsp3) is 0.333. The molecular formula is C24H25NO2. The Balaban J connectivity index is 1.73. The largest absolute Gasteiger partial charge is 0.356 e. The smallest absolute Gasteiger partial charge is 0.167 e. The van der Waals surface area contributed by atoms with Crippen molar-refractivity contribution in [1.29, 1.82) is 0 Å². The molecule has 0 atom stereocenters. The lowest BCUT2D eigenvalue weighted by atomic mass is 9.63. The molecule has 3 nitrogen and oxygen atoms in total. The number of benzene rings is 2. The van der Waals surface area contributed by atoms with E-state index in [0.717, 1.165) is 23.1 Å². The summed E-state index contributed by atoms with van der Waals surface area (Å²) in [6, 6.07) is 16.0. The summed E-state index contributed by atoms with van der Waals surface area (Å²) >= 11 is 0. The molecule has 1 aromatic heterocycles. The van der Waals surface area contributed by atoms with Crippen molar-refractivity contribution in [2.75, 3.05) is 0 Å². The summed E-state index contributed by atoms with van der Waals surface area (Å²) in [7, 11) is 0. The molecule has 1 aliphatic rings. The van der Waals surface area contributed by atoms with Gasteiger partial charge in [-0.25, -0.2) is 0 Å². The van der Waals surface area contributed by atoms with Gasteiger partial charge in [-0.2, -0.15) is 0 Å². The molecule has 0 saturated heterocycles. The average molecular weight is 359 g/mol. The van der Waals surface area contributed by atoms with Gasteiger partial charge in [0.05, 0.1) is 0 Å². The molecule has 2 aromatic carbocycles. The summed E-state index contributed by atoms with van der Waals surface area (Å²) in [6.07, 6.45) is 3.23. The first-order valence-corrected chi connectivity index (χ1v) is 9.48. The number of aldehydes is 1. The van der Waals surface area contributed by atoms with E-state index in [1.54, 1.807) is 12.1 Å². The van der Waals surface area contributed by atoms with E-state index in [1.807, 2.05) is 18.2 Å². The molecule has 27 heavy (non-hydrogen) atoms. The number of aromatic nitrogens is 1. The Hall–Kier alpha value is -2.68. The summed E-state index contributed by atoms with van der Waals surface area (Å²) in [5, 5.41) is 4.29. The van der Waals surface area contributed by atoms with Crippen LogP contribution in [0.4, 0.5) is 0 Å². The van der Waals surface area contributed by atoms with Crippen molar-refractivity contribution in [3.05, 3.63) is 65.2 Å². The zero-order valence-electron chi connectivity index (χ0n) is 16.4. The molecule has 0 bridgehead atoms. The first-order valence-electron chi connectivity index (χ1n) is 9.48. The van der Waals surface area contributed by atoms with Gasteiger partial charge in [-0.05, 0) is 40.9 Å². The lowest BCUT2D eigenvalue weighted by Crippen LogP contribution is -2.33.